The highest BCUT2D eigenvalue weighted by molar-refractivity contribution is 14.0. The van der Waals surface area contributed by atoms with Gasteiger partial charge in [0.1, 0.15) is 18.1 Å². The summed E-state index contributed by atoms with van der Waals surface area (Å²) in [6, 6.07) is 6.59. The highest BCUT2D eigenvalue weighted by Crippen LogP contribution is 2.39. The number of guanidine groups is 1. The van der Waals surface area contributed by atoms with Crippen LogP contribution in [0.5, 0.6) is 23.0 Å². The SMILES string of the molecule is CCNC(=NCc1cc2c(cc1OC(F)F)OCO2)NCCOc1cccnc1.I. The largest absolute Gasteiger partial charge is 0.490 e. The molecule has 0 spiro atoms. The third kappa shape index (κ3) is 7.04. The van der Waals surface area contributed by atoms with Gasteiger partial charge in [-0.3, -0.25) is 4.98 Å². The fourth-order valence-corrected chi connectivity index (χ4v) is 2.57. The Morgan fingerprint density at radius 2 is 2.07 bits per heavy atom. The molecule has 0 fully saturated rings. The average molecular weight is 536 g/mol. The van der Waals surface area contributed by atoms with Crippen LogP contribution in [0.3, 0.4) is 0 Å². The molecule has 1 aromatic heterocycles. The number of hydrogen-bond donors (Lipinski definition) is 2. The number of pyridine rings is 1. The van der Waals surface area contributed by atoms with Crippen LogP contribution in [-0.2, 0) is 6.54 Å². The van der Waals surface area contributed by atoms with Crippen molar-refractivity contribution in [1.29, 1.82) is 0 Å². The minimum absolute atomic E-state index is 0. The zero-order chi connectivity index (χ0) is 20.5. The smallest absolute Gasteiger partial charge is 0.387 e. The number of fused-ring (bicyclic) bond motifs is 1. The predicted octanol–water partition coefficient (Wildman–Crippen LogP) is 3.16. The van der Waals surface area contributed by atoms with Crippen LogP contribution in [-0.4, -0.2) is 44.0 Å². The molecule has 0 amide bonds. The summed E-state index contributed by atoms with van der Waals surface area (Å²) in [5, 5.41) is 6.21. The summed E-state index contributed by atoms with van der Waals surface area (Å²) in [6.07, 6.45) is 3.30. The predicted molar refractivity (Wildman–Crippen MR) is 117 cm³/mol. The molecule has 2 N–H and O–H groups in total. The van der Waals surface area contributed by atoms with E-state index in [2.05, 4.69) is 25.3 Å². The number of hydrogen-bond acceptors (Lipinski definition) is 6. The van der Waals surface area contributed by atoms with E-state index in [4.69, 9.17) is 14.2 Å². The van der Waals surface area contributed by atoms with E-state index in [1.54, 1.807) is 24.5 Å². The number of alkyl halides is 2. The van der Waals surface area contributed by atoms with Gasteiger partial charge < -0.3 is 29.6 Å². The van der Waals surface area contributed by atoms with Crippen molar-refractivity contribution < 1.29 is 27.7 Å². The first kappa shape index (κ1) is 23.7. The van der Waals surface area contributed by atoms with Crippen LogP contribution in [0.15, 0.2) is 41.7 Å². The van der Waals surface area contributed by atoms with E-state index in [9.17, 15) is 8.78 Å². The van der Waals surface area contributed by atoms with Crippen molar-refractivity contribution in [1.82, 2.24) is 15.6 Å². The minimum atomic E-state index is -2.95. The van der Waals surface area contributed by atoms with Crippen molar-refractivity contribution >= 4 is 29.9 Å². The Hall–Kier alpha value is -2.57. The fourth-order valence-electron chi connectivity index (χ4n) is 2.57. The van der Waals surface area contributed by atoms with Gasteiger partial charge in [0.05, 0.1) is 19.3 Å². The van der Waals surface area contributed by atoms with Crippen LogP contribution in [0.2, 0.25) is 0 Å². The lowest BCUT2D eigenvalue weighted by atomic mass is 10.1. The first-order valence-corrected chi connectivity index (χ1v) is 9.08. The van der Waals surface area contributed by atoms with Crippen LogP contribution in [0.25, 0.3) is 0 Å². The zero-order valence-corrected chi connectivity index (χ0v) is 18.6. The number of rotatable bonds is 9. The van der Waals surface area contributed by atoms with Crippen molar-refractivity contribution in [2.24, 2.45) is 4.99 Å². The summed E-state index contributed by atoms with van der Waals surface area (Å²) >= 11 is 0. The van der Waals surface area contributed by atoms with E-state index in [-0.39, 0.29) is 43.1 Å². The second kappa shape index (κ2) is 12.2. The van der Waals surface area contributed by atoms with E-state index in [0.29, 0.717) is 48.5 Å². The van der Waals surface area contributed by atoms with Gasteiger partial charge in [-0.1, -0.05) is 0 Å². The molecule has 2 aromatic rings. The molecule has 2 heterocycles. The van der Waals surface area contributed by atoms with Gasteiger partial charge in [0.25, 0.3) is 0 Å². The molecule has 0 radical (unpaired) electrons. The molecule has 0 saturated carbocycles. The third-order valence-corrected chi connectivity index (χ3v) is 3.82. The van der Waals surface area contributed by atoms with Crippen molar-refractivity contribution in [3.63, 3.8) is 0 Å². The summed E-state index contributed by atoms with van der Waals surface area (Å²) < 4.78 is 46.2. The Morgan fingerprint density at radius 3 is 2.77 bits per heavy atom. The van der Waals surface area contributed by atoms with E-state index in [1.807, 2.05) is 13.0 Å². The monoisotopic (exact) mass is 536 g/mol. The minimum Gasteiger partial charge on any atom is -0.490 e. The Morgan fingerprint density at radius 1 is 1.27 bits per heavy atom. The maximum absolute atomic E-state index is 12.7. The molecule has 1 aliphatic heterocycles. The van der Waals surface area contributed by atoms with Gasteiger partial charge >= 0.3 is 6.61 Å². The number of benzene rings is 1. The molecule has 11 heteroatoms. The Kier molecular flexibility index (Phi) is 9.64. The van der Waals surface area contributed by atoms with Gasteiger partial charge in [-0.05, 0) is 25.1 Å². The van der Waals surface area contributed by atoms with Gasteiger partial charge in [0, 0.05) is 24.4 Å². The number of halogens is 3. The van der Waals surface area contributed by atoms with Crippen molar-refractivity contribution in [2.45, 2.75) is 20.1 Å². The molecule has 0 aliphatic carbocycles. The standard InChI is InChI=1S/C19H22F2N4O4.HI/c1-2-23-19(24-6-7-26-14-4-3-5-22-11-14)25-10-13-8-16-17(28-12-27-16)9-15(13)29-18(20)21;/h3-5,8-9,11,18H,2,6-7,10,12H2,1H3,(H2,23,24,25);1H. The van der Waals surface area contributed by atoms with Crippen molar-refractivity contribution in [3.8, 4) is 23.0 Å². The second-order valence-electron chi connectivity index (χ2n) is 5.85. The van der Waals surface area contributed by atoms with Crippen molar-refractivity contribution in [2.75, 3.05) is 26.5 Å². The van der Waals surface area contributed by atoms with Gasteiger partial charge in [0.15, 0.2) is 17.5 Å². The number of aliphatic imine (C=N–C) groups is 1. The van der Waals surface area contributed by atoms with Crippen LogP contribution in [0.1, 0.15) is 12.5 Å². The first-order chi connectivity index (χ1) is 14.2. The molecule has 0 atom stereocenters. The van der Waals surface area contributed by atoms with Gasteiger partial charge in [-0.25, -0.2) is 4.99 Å². The molecule has 1 aromatic carbocycles. The van der Waals surface area contributed by atoms with Crippen LogP contribution < -0.4 is 29.6 Å². The molecule has 1 aliphatic rings. The van der Waals surface area contributed by atoms with Gasteiger partial charge in [-0.15, -0.1) is 24.0 Å². The van der Waals surface area contributed by atoms with Gasteiger partial charge in [0.2, 0.25) is 6.79 Å². The summed E-state index contributed by atoms with van der Waals surface area (Å²) in [4.78, 5) is 8.41. The number of ether oxygens (including phenoxy) is 4. The molecule has 0 saturated heterocycles. The normalized spacial score (nSPS) is 12.3. The van der Waals surface area contributed by atoms with E-state index < -0.39 is 6.61 Å². The number of nitrogens with zero attached hydrogens (tertiary/aromatic N) is 2. The molecule has 8 nitrogen and oxygen atoms in total. The number of nitrogens with one attached hydrogen (secondary N) is 2. The highest BCUT2D eigenvalue weighted by atomic mass is 127. The first-order valence-electron chi connectivity index (χ1n) is 9.08. The average Bonchev–Trinajstić information content (AvgIpc) is 3.16. The molecule has 30 heavy (non-hydrogen) atoms. The van der Waals surface area contributed by atoms with E-state index in [1.165, 1.54) is 6.07 Å². The van der Waals surface area contributed by atoms with E-state index in [0.717, 1.165) is 0 Å². The Bertz CT molecular complexity index is 828. The maximum atomic E-state index is 12.7. The molecule has 0 unspecified atom stereocenters. The summed E-state index contributed by atoms with van der Waals surface area (Å²) in [5.74, 6) is 2.03. The fraction of sp³-hybridized carbons (Fsp3) is 0.368. The lowest BCUT2D eigenvalue weighted by molar-refractivity contribution is -0.0505. The topological polar surface area (TPSA) is 86.2 Å². The van der Waals surface area contributed by atoms with Crippen LogP contribution in [0.4, 0.5) is 8.78 Å². The molecule has 0 bridgehead atoms. The van der Waals surface area contributed by atoms with Gasteiger partial charge in [-0.2, -0.15) is 8.78 Å². The van der Waals surface area contributed by atoms with E-state index >= 15 is 0 Å². The molecular weight excluding hydrogens is 513 g/mol. The quantitative estimate of drug-likeness (QED) is 0.221. The Balaban J connectivity index is 0.00000320. The maximum Gasteiger partial charge on any atom is 0.387 e. The van der Waals surface area contributed by atoms with Crippen LogP contribution >= 0.6 is 24.0 Å². The molecular formula is C19H23F2IN4O4. The zero-order valence-electron chi connectivity index (χ0n) is 16.3. The summed E-state index contributed by atoms with van der Waals surface area (Å²) in [6.45, 7) is 0.650. The van der Waals surface area contributed by atoms with Crippen molar-refractivity contribution in [3.05, 3.63) is 42.2 Å². The lowest BCUT2D eigenvalue weighted by Crippen LogP contribution is -2.39. The summed E-state index contributed by atoms with van der Waals surface area (Å²) in [7, 11) is 0. The number of aromatic nitrogens is 1. The third-order valence-electron chi connectivity index (χ3n) is 3.82. The molecule has 164 valence electrons. The second-order valence-corrected chi connectivity index (χ2v) is 5.85. The Labute approximate surface area is 190 Å². The summed E-state index contributed by atoms with van der Waals surface area (Å²) in [5.41, 5.74) is 0.457. The molecule has 3 rings (SSSR count). The lowest BCUT2D eigenvalue weighted by Gasteiger charge is -2.13. The highest BCUT2D eigenvalue weighted by Gasteiger charge is 2.20. The van der Waals surface area contributed by atoms with Crippen LogP contribution in [0, 0.1) is 0 Å².